The lowest BCUT2D eigenvalue weighted by molar-refractivity contribution is -0.161. The van der Waals surface area contributed by atoms with E-state index in [9.17, 15) is 24.5 Å². The second-order valence-electron chi connectivity index (χ2n) is 7.04. The Bertz CT molecular complexity index is 743. The fourth-order valence-electron chi connectivity index (χ4n) is 3.14. The molecule has 0 saturated heterocycles. The quantitative estimate of drug-likeness (QED) is 0.715. The molecule has 2 rings (SSSR count). The zero-order chi connectivity index (χ0) is 18.7. The molecule has 5 heteroatoms. The van der Waals surface area contributed by atoms with Gasteiger partial charge < -0.3 is 15.3 Å². The number of phenolic OH excluding ortho intramolecular Hbond substituents is 1. The van der Waals surface area contributed by atoms with Gasteiger partial charge >= 0.3 is 5.97 Å². The minimum atomic E-state index is -1.99. The van der Waals surface area contributed by atoms with Crippen molar-refractivity contribution in [2.45, 2.75) is 44.1 Å². The average molecular weight is 346 g/mol. The Hall–Kier alpha value is -2.40. The lowest BCUT2D eigenvalue weighted by Gasteiger charge is -2.34. The largest absolute Gasteiger partial charge is 0.508 e. The molecule has 25 heavy (non-hydrogen) atoms. The van der Waals surface area contributed by atoms with Crippen LogP contribution in [0.2, 0.25) is 0 Å². The highest BCUT2D eigenvalue weighted by Crippen LogP contribution is 2.39. The maximum absolute atomic E-state index is 13.5. The Balaban J connectivity index is 2.24. The zero-order valence-corrected chi connectivity index (χ0v) is 14.4. The van der Waals surface area contributed by atoms with E-state index in [0.717, 1.165) is 11.6 Å². The summed E-state index contributed by atoms with van der Waals surface area (Å²) in [7, 11) is 0. The second-order valence-corrected chi connectivity index (χ2v) is 7.04. The van der Waals surface area contributed by atoms with Gasteiger partial charge in [-0.3, -0.25) is 0 Å². The molecule has 0 radical (unpaired) electrons. The van der Waals surface area contributed by atoms with E-state index in [2.05, 4.69) is 0 Å². The number of aliphatic hydroxyl groups is 1. The molecular weight excluding hydrogens is 323 g/mol. The number of phenols is 1. The van der Waals surface area contributed by atoms with Gasteiger partial charge in [0.15, 0.2) is 5.60 Å². The molecule has 0 spiro atoms. The van der Waals surface area contributed by atoms with E-state index < -0.39 is 22.8 Å². The Morgan fingerprint density at radius 1 is 1.12 bits per heavy atom. The highest BCUT2D eigenvalue weighted by atomic mass is 19.1. The van der Waals surface area contributed by atoms with E-state index in [1.807, 2.05) is 30.3 Å². The topological polar surface area (TPSA) is 77.8 Å². The fourth-order valence-corrected chi connectivity index (χ4v) is 3.14. The van der Waals surface area contributed by atoms with Crippen LogP contribution >= 0.6 is 0 Å². The number of benzene rings is 2. The van der Waals surface area contributed by atoms with Crippen molar-refractivity contribution < 1.29 is 24.5 Å². The first kappa shape index (κ1) is 18.9. The van der Waals surface area contributed by atoms with Crippen LogP contribution in [0.4, 0.5) is 4.39 Å². The number of aryl methyl sites for hydroxylation is 1. The van der Waals surface area contributed by atoms with Crippen LogP contribution in [0.3, 0.4) is 0 Å². The normalized spacial score (nSPS) is 14.1. The number of halogens is 1. The number of hydrogen-bond acceptors (Lipinski definition) is 3. The van der Waals surface area contributed by atoms with Crippen LogP contribution < -0.4 is 0 Å². The van der Waals surface area contributed by atoms with E-state index in [1.54, 1.807) is 13.8 Å². The number of aliphatic carboxylic acids is 1. The standard InChI is InChI=1S/C20H23FO4/c1-19(2,16-12-15(21)8-9-17(16)22)13-20(25,18(23)24)11-10-14-6-4-3-5-7-14/h3-9,12,22,25H,10-11,13H2,1-2H3,(H,23,24). The molecule has 0 fully saturated rings. The number of carbonyl (C=O) groups is 1. The summed E-state index contributed by atoms with van der Waals surface area (Å²) in [4.78, 5) is 11.7. The molecule has 4 nitrogen and oxygen atoms in total. The minimum absolute atomic E-state index is 0.0197. The molecule has 2 aromatic carbocycles. The van der Waals surface area contributed by atoms with Crippen LogP contribution in [0, 0.1) is 5.82 Å². The molecule has 0 amide bonds. The van der Waals surface area contributed by atoms with E-state index in [0.29, 0.717) is 6.42 Å². The van der Waals surface area contributed by atoms with Crippen molar-refractivity contribution in [1.82, 2.24) is 0 Å². The van der Waals surface area contributed by atoms with Gasteiger partial charge in [-0.1, -0.05) is 44.2 Å². The molecule has 0 aliphatic carbocycles. The highest BCUT2D eigenvalue weighted by molar-refractivity contribution is 5.77. The van der Waals surface area contributed by atoms with Gasteiger partial charge in [-0.25, -0.2) is 9.18 Å². The van der Waals surface area contributed by atoms with Crippen molar-refractivity contribution in [1.29, 1.82) is 0 Å². The van der Waals surface area contributed by atoms with Crippen LogP contribution in [0.25, 0.3) is 0 Å². The van der Waals surface area contributed by atoms with E-state index in [-0.39, 0.29) is 24.2 Å². The van der Waals surface area contributed by atoms with E-state index >= 15 is 0 Å². The van der Waals surface area contributed by atoms with Crippen LogP contribution in [0.15, 0.2) is 48.5 Å². The van der Waals surface area contributed by atoms with Crippen LogP contribution in [0.5, 0.6) is 5.75 Å². The molecule has 0 aliphatic heterocycles. The molecule has 0 aromatic heterocycles. The van der Waals surface area contributed by atoms with Gasteiger partial charge in [0.25, 0.3) is 0 Å². The van der Waals surface area contributed by atoms with Gasteiger partial charge in [-0.2, -0.15) is 0 Å². The predicted octanol–water partition coefficient (Wildman–Crippen LogP) is 3.65. The van der Waals surface area contributed by atoms with Crippen molar-refractivity contribution in [3.05, 3.63) is 65.5 Å². The van der Waals surface area contributed by atoms with Gasteiger partial charge in [0.1, 0.15) is 11.6 Å². The number of aromatic hydroxyl groups is 1. The summed E-state index contributed by atoms with van der Waals surface area (Å²) in [5.41, 5.74) is -1.73. The van der Waals surface area contributed by atoms with Crippen LogP contribution in [-0.2, 0) is 16.6 Å². The number of carboxylic acid groups (broad SMARTS) is 1. The summed E-state index contributed by atoms with van der Waals surface area (Å²) in [5.74, 6) is -1.97. The first-order valence-electron chi connectivity index (χ1n) is 8.13. The molecule has 0 heterocycles. The van der Waals surface area contributed by atoms with Gasteiger partial charge in [0.05, 0.1) is 0 Å². The molecule has 1 atom stereocenters. The van der Waals surface area contributed by atoms with Crippen LogP contribution in [-0.4, -0.2) is 26.9 Å². The molecule has 0 aliphatic rings. The molecular formula is C20H23FO4. The zero-order valence-electron chi connectivity index (χ0n) is 14.4. The summed E-state index contributed by atoms with van der Waals surface area (Å²) in [6, 6.07) is 12.8. The summed E-state index contributed by atoms with van der Waals surface area (Å²) < 4.78 is 13.5. The average Bonchev–Trinajstić information content (AvgIpc) is 2.55. The summed E-state index contributed by atoms with van der Waals surface area (Å²) >= 11 is 0. The first-order chi connectivity index (χ1) is 11.6. The predicted molar refractivity (Wildman–Crippen MR) is 93.1 cm³/mol. The molecule has 2 aromatic rings. The third kappa shape index (κ3) is 4.57. The SMILES string of the molecule is CC(C)(CC(O)(CCc1ccccc1)C(=O)O)c1cc(F)ccc1O. The van der Waals surface area contributed by atoms with E-state index in [4.69, 9.17) is 0 Å². The van der Waals surface area contributed by atoms with Gasteiger partial charge in [-0.15, -0.1) is 0 Å². The first-order valence-corrected chi connectivity index (χ1v) is 8.13. The lowest BCUT2D eigenvalue weighted by Crippen LogP contribution is -2.44. The Kier molecular flexibility index (Phi) is 5.48. The second kappa shape index (κ2) is 7.23. The van der Waals surface area contributed by atoms with Gasteiger partial charge in [-0.05, 0) is 48.4 Å². The number of rotatable bonds is 7. The van der Waals surface area contributed by atoms with Crippen molar-refractivity contribution in [3.8, 4) is 5.75 Å². The maximum atomic E-state index is 13.5. The third-order valence-electron chi connectivity index (χ3n) is 4.49. The Morgan fingerprint density at radius 2 is 1.76 bits per heavy atom. The third-order valence-corrected chi connectivity index (χ3v) is 4.49. The summed E-state index contributed by atoms with van der Waals surface area (Å²) in [6.07, 6.45) is 0.264. The molecule has 0 bridgehead atoms. The van der Waals surface area contributed by atoms with Crippen molar-refractivity contribution >= 4 is 5.97 Å². The monoisotopic (exact) mass is 346 g/mol. The molecule has 3 N–H and O–H groups in total. The fraction of sp³-hybridized carbons (Fsp3) is 0.350. The van der Waals surface area contributed by atoms with Crippen molar-refractivity contribution in [2.24, 2.45) is 0 Å². The number of carboxylic acids is 1. The van der Waals surface area contributed by atoms with Crippen molar-refractivity contribution in [3.63, 3.8) is 0 Å². The van der Waals surface area contributed by atoms with E-state index in [1.165, 1.54) is 12.1 Å². The Morgan fingerprint density at radius 3 is 2.36 bits per heavy atom. The van der Waals surface area contributed by atoms with Crippen LogP contribution in [0.1, 0.15) is 37.8 Å². The summed E-state index contributed by atoms with van der Waals surface area (Å²) in [6.45, 7) is 3.36. The Labute approximate surface area is 146 Å². The highest BCUT2D eigenvalue weighted by Gasteiger charge is 2.42. The number of hydrogen-bond donors (Lipinski definition) is 3. The van der Waals surface area contributed by atoms with Gasteiger partial charge in [0.2, 0.25) is 0 Å². The molecule has 134 valence electrons. The summed E-state index contributed by atoms with van der Waals surface area (Å²) in [5, 5.41) is 30.3. The molecule has 0 saturated carbocycles. The lowest BCUT2D eigenvalue weighted by atomic mass is 9.73. The van der Waals surface area contributed by atoms with Gasteiger partial charge in [0, 0.05) is 5.56 Å². The molecule has 1 unspecified atom stereocenters. The van der Waals surface area contributed by atoms with Crippen molar-refractivity contribution in [2.75, 3.05) is 0 Å². The maximum Gasteiger partial charge on any atom is 0.335 e. The smallest absolute Gasteiger partial charge is 0.335 e. The minimum Gasteiger partial charge on any atom is -0.508 e.